The third-order valence-electron chi connectivity index (χ3n) is 1.19. The van der Waals surface area contributed by atoms with Crippen molar-refractivity contribution in [3.63, 3.8) is 0 Å². The van der Waals surface area contributed by atoms with Crippen molar-refractivity contribution in [3.05, 3.63) is 12.2 Å². The molecule has 0 aliphatic rings. The molecule has 0 radical (unpaired) electrons. The number of rotatable bonds is 4. The van der Waals surface area contributed by atoms with Crippen LogP contribution in [-0.2, 0) is 11.2 Å². The van der Waals surface area contributed by atoms with Crippen LogP contribution in [0.25, 0.3) is 0 Å². The molecule has 5 nitrogen and oxygen atoms in total. The minimum atomic E-state index is -0.198. The Hall–Kier alpha value is -1.10. The Morgan fingerprint density at radius 2 is 2.58 bits per heavy atom. The molecule has 0 saturated heterocycles. The van der Waals surface area contributed by atoms with Crippen molar-refractivity contribution in [1.29, 1.82) is 0 Å². The summed E-state index contributed by atoms with van der Waals surface area (Å²) in [6.07, 6.45) is 1.85. The Balaban J connectivity index is 2.15. The van der Waals surface area contributed by atoms with E-state index in [1.165, 1.54) is 6.33 Å². The number of nitrogens with one attached hydrogen (secondary N) is 1. The minimum absolute atomic E-state index is 0.0240. The third-order valence-corrected chi connectivity index (χ3v) is 1.43. The molecule has 0 bridgehead atoms. The Morgan fingerprint density at radius 3 is 3.17 bits per heavy atom. The van der Waals surface area contributed by atoms with Gasteiger partial charge in [0.05, 0.1) is 0 Å². The molecular weight excluding hydrogens is 182 g/mol. The van der Waals surface area contributed by atoms with Gasteiger partial charge in [-0.3, -0.25) is 4.79 Å². The molecule has 0 atom stereocenters. The molecule has 0 aliphatic carbocycles. The SMILES string of the molecule is O=C(CCl)NCCc1ncno1. The maximum atomic E-state index is 10.6. The van der Waals surface area contributed by atoms with Crippen LogP contribution in [0.2, 0.25) is 0 Å². The summed E-state index contributed by atoms with van der Waals surface area (Å²) in [6.45, 7) is 0.466. The number of aromatic nitrogens is 2. The fourth-order valence-electron chi connectivity index (χ4n) is 0.662. The second kappa shape index (κ2) is 4.71. The number of alkyl halides is 1. The van der Waals surface area contributed by atoms with Gasteiger partial charge in [-0.15, -0.1) is 11.6 Å². The number of amides is 1. The molecule has 6 heteroatoms. The summed E-state index contributed by atoms with van der Waals surface area (Å²) in [7, 11) is 0. The van der Waals surface area contributed by atoms with Gasteiger partial charge in [0, 0.05) is 13.0 Å². The predicted molar refractivity (Wildman–Crippen MR) is 41.7 cm³/mol. The molecule has 0 spiro atoms. The van der Waals surface area contributed by atoms with E-state index in [4.69, 9.17) is 16.1 Å². The molecule has 1 rings (SSSR count). The molecule has 12 heavy (non-hydrogen) atoms. The predicted octanol–water partition coefficient (Wildman–Crippen LogP) is -0.0329. The van der Waals surface area contributed by atoms with E-state index in [1.807, 2.05) is 0 Å². The maximum absolute atomic E-state index is 10.6. The summed E-state index contributed by atoms with van der Waals surface area (Å²) < 4.78 is 4.70. The van der Waals surface area contributed by atoms with Crippen molar-refractivity contribution in [1.82, 2.24) is 15.5 Å². The van der Waals surface area contributed by atoms with Gasteiger partial charge in [-0.25, -0.2) is 0 Å². The largest absolute Gasteiger partial charge is 0.355 e. The summed E-state index contributed by atoms with van der Waals surface area (Å²) in [5.74, 6) is 0.283. The van der Waals surface area contributed by atoms with Gasteiger partial charge in [-0.2, -0.15) is 4.98 Å². The van der Waals surface area contributed by atoms with Crippen molar-refractivity contribution in [2.24, 2.45) is 0 Å². The number of carbonyl (C=O) groups excluding carboxylic acids is 1. The van der Waals surface area contributed by atoms with Crippen molar-refractivity contribution in [3.8, 4) is 0 Å². The molecule has 1 amide bonds. The van der Waals surface area contributed by atoms with Crippen LogP contribution in [0.5, 0.6) is 0 Å². The van der Waals surface area contributed by atoms with Crippen molar-refractivity contribution in [2.45, 2.75) is 6.42 Å². The van der Waals surface area contributed by atoms with Crippen LogP contribution in [0.1, 0.15) is 5.89 Å². The second-order valence-electron chi connectivity index (χ2n) is 2.07. The fraction of sp³-hybridized carbons (Fsp3) is 0.500. The summed E-state index contributed by atoms with van der Waals surface area (Å²) >= 11 is 5.25. The molecule has 66 valence electrons. The zero-order valence-electron chi connectivity index (χ0n) is 6.29. The highest BCUT2D eigenvalue weighted by Crippen LogP contribution is 1.90. The first-order valence-corrected chi connectivity index (χ1v) is 3.94. The van der Waals surface area contributed by atoms with Crippen LogP contribution >= 0.6 is 11.6 Å². The average Bonchev–Trinajstić information content (AvgIpc) is 2.57. The molecule has 1 N–H and O–H groups in total. The van der Waals surface area contributed by atoms with E-state index in [-0.39, 0.29) is 11.8 Å². The van der Waals surface area contributed by atoms with E-state index in [1.54, 1.807) is 0 Å². The number of carbonyl (C=O) groups is 1. The highest BCUT2D eigenvalue weighted by atomic mass is 35.5. The summed E-state index contributed by atoms with van der Waals surface area (Å²) in [5, 5.41) is 5.99. The Morgan fingerprint density at radius 1 is 1.75 bits per heavy atom. The number of nitrogens with zero attached hydrogens (tertiary/aromatic N) is 2. The van der Waals surface area contributed by atoms with Crippen LogP contribution < -0.4 is 5.32 Å². The zero-order chi connectivity index (χ0) is 8.81. The van der Waals surface area contributed by atoms with Gasteiger partial charge in [-0.05, 0) is 0 Å². The van der Waals surface area contributed by atoms with Gasteiger partial charge >= 0.3 is 0 Å². The molecule has 0 saturated carbocycles. The van der Waals surface area contributed by atoms with Gasteiger partial charge in [-0.1, -0.05) is 5.16 Å². The normalized spacial score (nSPS) is 9.75. The van der Waals surface area contributed by atoms with E-state index in [0.717, 1.165) is 0 Å². The third kappa shape index (κ3) is 2.87. The van der Waals surface area contributed by atoms with Crippen molar-refractivity contribution >= 4 is 17.5 Å². The highest BCUT2D eigenvalue weighted by molar-refractivity contribution is 6.27. The Labute approximate surface area is 74.1 Å². The zero-order valence-corrected chi connectivity index (χ0v) is 7.04. The lowest BCUT2D eigenvalue weighted by Crippen LogP contribution is -2.26. The van der Waals surface area contributed by atoms with Crippen LogP contribution in [0.4, 0.5) is 0 Å². The van der Waals surface area contributed by atoms with E-state index < -0.39 is 0 Å². The quantitative estimate of drug-likeness (QED) is 0.676. The van der Waals surface area contributed by atoms with Crippen LogP contribution in [0.3, 0.4) is 0 Å². The topological polar surface area (TPSA) is 68.0 Å². The van der Waals surface area contributed by atoms with Crippen LogP contribution in [0.15, 0.2) is 10.9 Å². The molecular formula is C6H8ClN3O2. The summed E-state index contributed by atoms with van der Waals surface area (Å²) in [5.41, 5.74) is 0. The lowest BCUT2D eigenvalue weighted by molar-refractivity contribution is -0.118. The molecule has 1 aromatic rings. The van der Waals surface area contributed by atoms with Gasteiger partial charge < -0.3 is 9.84 Å². The molecule has 1 aromatic heterocycles. The monoisotopic (exact) mass is 189 g/mol. The molecule has 0 aromatic carbocycles. The lowest BCUT2D eigenvalue weighted by Gasteiger charge is -1.98. The molecule has 0 aliphatic heterocycles. The first-order chi connectivity index (χ1) is 5.83. The van der Waals surface area contributed by atoms with E-state index >= 15 is 0 Å². The van der Waals surface area contributed by atoms with Crippen molar-refractivity contribution < 1.29 is 9.32 Å². The number of hydrogen-bond donors (Lipinski definition) is 1. The first kappa shape index (κ1) is 8.99. The first-order valence-electron chi connectivity index (χ1n) is 3.41. The van der Waals surface area contributed by atoms with Gasteiger partial charge in [0.15, 0.2) is 6.33 Å². The highest BCUT2D eigenvalue weighted by Gasteiger charge is 2.00. The smallest absolute Gasteiger partial charge is 0.234 e. The molecule has 0 fully saturated rings. The Kier molecular flexibility index (Phi) is 3.53. The second-order valence-corrected chi connectivity index (χ2v) is 2.34. The maximum Gasteiger partial charge on any atom is 0.234 e. The van der Waals surface area contributed by atoms with Crippen LogP contribution in [0, 0.1) is 0 Å². The van der Waals surface area contributed by atoms with Crippen LogP contribution in [-0.4, -0.2) is 28.5 Å². The lowest BCUT2D eigenvalue weighted by atomic mass is 10.4. The average molecular weight is 190 g/mol. The van der Waals surface area contributed by atoms with E-state index in [0.29, 0.717) is 18.9 Å². The minimum Gasteiger partial charge on any atom is -0.355 e. The van der Waals surface area contributed by atoms with Gasteiger partial charge in [0.25, 0.3) is 0 Å². The van der Waals surface area contributed by atoms with Gasteiger partial charge in [0.2, 0.25) is 11.8 Å². The number of hydrogen-bond acceptors (Lipinski definition) is 4. The fourth-order valence-corrected chi connectivity index (χ4v) is 0.757. The standard InChI is InChI=1S/C6H8ClN3O2/c7-3-5(11)8-2-1-6-9-4-10-12-6/h4H,1-3H2,(H,8,11). The Bertz CT molecular complexity index is 237. The van der Waals surface area contributed by atoms with Gasteiger partial charge in [0.1, 0.15) is 5.88 Å². The summed E-state index contributed by atoms with van der Waals surface area (Å²) in [4.78, 5) is 14.4. The molecule has 0 unspecified atom stereocenters. The van der Waals surface area contributed by atoms with E-state index in [9.17, 15) is 4.79 Å². The number of halogens is 1. The van der Waals surface area contributed by atoms with E-state index in [2.05, 4.69) is 15.5 Å². The van der Waals surface area contributed by atoms with Crippen molar-refractivity contribution in [2.75, 3.05) is 12.4 Å². The molecule has 1 heterocycles. The summed E-state index contributed by atoms with van der Waals surface area (Å²) in [6, 6.07) is 0.